The summed E-state index contributed by atoms with van der Waals surface area (Å²) >= 11 is 0. The van der Waals surface area contributed by atoms with Crippen molar-refractivity contribution >= 4 is 11.2 Å². The molecule has 0 amide bonds. The van der Waals surface area contributed by atoms with Gasteiger partial charge in [-0.3, -0.25) is 0 Å². The van der Waals surface area contributed by atoms with Crippen LogP contribution >= 0.6 is 0 Å². The molecule has 1 nitrogen and oxygen atoms in total. The monoisotopic (exact) mass is 120 g/mol. The third kappa shape index (κ3) is 0.489. The van der Waals surface area contributed by atoms with Gasteiger partial charge in [-0.15, -0.1) is 0 Å². The molecule has 0 unspecified atom stereocenters. The van der Waals surface area contributed by atoms with E-state index in [1.54, 1.807) is 0 Å². The SMILES string of the molecule is Cc1cc2oc1cc2C. The summed E-state index contributed by atoms with van der Waals surface area (Å²) < 4.78 is 5.34. The van der Waals surface area contributed by atoms with E-state index in [0.717, 1.165) is 11.2 Å². The fraction of sp³-hybridized carbons (Fsp3) is 0.250. The minimum Gasteiger partial charge on any atom is -0.457 e. The minimum absolute atomic E-state index is 1.03. The molecule has 0 aliphatic rings. The topological polar surface area (TPSA) is 13.1 Å². The quantitative estimate of drug-likeness (QED) is 0.520. The van der Waals surface area contributed by atoms with Gasteiger partial charge in [0.15, 0.2) is 0 Å². The van der Waals surface area contributed by atoms with Crippen LogP contribution in [0.4, 0.5) is 0 Å². The van der Waals surface area contributed by atoms with Gasteiger partial charge in [-0.05, 0) is 37.1 Å². The summed E-state index contributed by atoms with van der Waals surface area (Å²) in [4.78, 5) is 0. The first-order valence-corrected chi connectivity index (χ1v) is 3.06. The minimum atomic E-state index is 1.03. The summed E-state index contributed by atoms with van der Waals surface area (Å²) in [5.41, 5.74) is 4.55. The smallest absolute Gasteiger partial charge is 0.130 e. The molecule has 0 aromatic carbocycles. The molecule has 2 rings (SSSR count). The highest BCUT2D eigenvalue weighted by atomic mass is 16.3. The van der Waals surface area contributed by atoms with Crippen molar-refractivity contribution in [3.63, 3.8) is 0 Å². The molecule has 0 aliphatic carbocycles. The summed E-state index contributed by atoms with van der Waals surface area (Å²) in [6.07, 6.45) is 0. The Morgan fingerprint density at radius 3 is 1.67 bits per heavy atom. The summed E-state index contributed by atoms with van der Waals surface area (Å²) in [6.45, 7) is 4.12. The molecule has 9 heavy (non-hydrogen) atoms. The van der Waals surface area contributed by atoms with Crippen molar-refractivity contribution in [2.24, 2.45) is 0 Å². The molecule has 0 radical (unpaired) electrons. The maximum absolute atomic E-state index is 5.34. The van der Waals surface area contributed by atoms with Crippen molar-refractivity contribution in [3.8, 4) is 0 Å². The number of benzene rings is 1. The van der Waals surface area contributed by atoms with Crippen molar-refractivity contribution in [2.75, 3.05) is 0 Å². The molecule has 2 aromatic heterocycles. The molecule has 2 bridgehead atoms. The van der Waals surface area contributed by atoms with Crippen LogP contribution in [0.15, 0.2) is 16.5 Å². The van der Waals surface area contributed by atoms with E-state index < -0.39 is 0 Å². The highest BCUT2D eigenvalue weighted by Crippen LogP contribution is 2.24. The van der Waals surface area contributed by atoms with Crippen molar-refractivity contribution in [2.45, 2.75) is 13.8 Å². The predicted octanol–water partition coefficient (Wildman–Crippen LogP) is 2.49. The van der Waals surface area contributed by atoms with Crippen LogP contribution in [0.3, 0.4) is 0 Å². The van der Waals surface area contributed by atoms with E-state index in [4.69, 9.17) is 4.42 Å². The van der Waals surface area contributed by atoms with Crippen molar-refractivity contribution in [1.29, 1.82) is 0 Å². The van der Waals surface area contributed by atoms with E-state index in [-0.39, 0.29) is 0 Å². The Balaban J connectivity index is 2.93. The van der Waals surface area contributed by atoms with Gasteiger partial charge < -0.3 is 4.42 Å². The molecule has 0 saturated carbocycles. The number of aryl methyl sites for hydroxylation is 2. The van der Waals surface area contributed by atoms with Crippen LogP contribution in [-0.4, -0.2) is 0 Å². The number of hydrogen-bond acceptors (Lipinski definition) is 1. The molecule has 0 spiro atoms. The van der Waals surface area contributed by atoms with Gasteiger partial charge in [-0.25, -0.2) is 0 Å². The van der Waals surface area contributed by atoms with E-state index in [1.165, 1.54) is 11.1 Å². The lowest BCUT2D eigenvalue weighted by molar-refractivity contribution is 0.672. The fourth-order valence-corrected chi connectivity index (χ4v) is 1.10. The van der Waals surface area contributed by atoms with Crippen LogP contribution in [0.5, 0.6) is 0 Å². The Kier molecular flexibility index (Phi) is 0.699. The Bertz CT molecular complexity index is 287. The molecule has 1 heteroatoms. The fourth-order valence-electron chi connectivity index (χ4n) is 1.10. The number of fused-ring (bicyclic) bond motifs is 2. The molecule has 0 atom stereocenters. The van der Waals surface area contributed by atoms with E-state index in [9.17, 15) is 0 Å². The second-order valence-corrected chi connectivity index (χ2v) is 2.49. The molecule has 2 aromatic rings. The van der Waals surface area contributed by atoms with Gasteiger partial charge in [0.05, 0.1) is 0 Å². The third-order valence-corrected chi connectivity index (χ3v) is 1.69. The normalized spacial score (nSPS) is 11.3. The van der Waals surface area contributed by atoms with Gasteiger partial charge in [0.1, 0.15) is 11.2 Å². The first-order valence-electron chi connectivity index (χ1n) is 3.06. The zero-order valence-corrected chi connectivity index (χ0v) is 5.56. The van der Waals surface area contributed by atoms with E-state index in [2.05, 4.69) is 26.0 Å². The van der Waals surface area contributed by atoms with Gasteiger partial charge >= 0.3 is 0 Å². The average Bonchev–Trinajstić information content (AvgIpc) is 2.24. The summed E-state index contributed by atoms with van der Waals surface area (Å²) in [5.74, 6) is 0. The largest absolute Gasteiger partial charge is 0.457 e. The Hall–Kier alpha value is -0.980. The number of hydrogen-bond donors (Lipinski definition) is 0. The second-order valence-electron chi connectivity index (χ2n) is 2.49. The van der Waals surface area contributed by atoms with Crippen LogP contribution in [0.25, 0.3) is 11.2 Å². The highest BCUT2D eigenvalue weighted by molar-refractivity contribution is 5.69. The van der Waals surface area contributed by atoms with Crippen LogP contribution in [-0.2, 0) is 0 Å². The van der Waals surface area contributed by atoms with Crippen LogP contribution in [0, 0.1) is 13.8 Å². The molecule has 0 aliphatic heterocycles. The van der Waals surface area contributed by atoms with Gasteiger partial charge in [0.2, 0.25) is 0 Å². The zero-order chi connectivity index (χ0) is 6.43. The van der Waals surface area contributed by atoms with Gasteiger partial charge in [0.25, 0.3) is 0 Å². The maximum Gasteiger partial charge on any atom is 0.130 e. The maximum atomic E-state index is 5.34. The molecule has 0 fully saturated rings. The molecule has 0 N–H and O–H groups in total. The van der Waals surface area contributed by atoms with Crippen molar-refractivity contribution in [1.82, 2.24) is 0 Å². The van der Waals surface area contributed by atoms with Crippen LogP contribution in [0.1, 0.15) is 11.1 Å². The van der Waals surface area contributed by atoms with Crippen molar-refractivity contribution < 1.29 is 4.42 Å². The van der Waals surface area contributed by atoms with Gasteiger partial charge in [0, 0.05) is 0 Å². The first-order chi connectivity index (χ1) is 4.27. The van der Waals surface area contributed by atoms with E-state index >= 15 is 0 Å². The van der Waals surface area contributed by atoms with Crippen LogP contribution in [0.2, 0.25) is 0 Å². The lowest BCUT2D eigenvalue weighted by Crippen LogP contribution is -1.67. The lowest BCUT2D eigenvalue weighted by Gasteiger charge is -1.82. The molecule has 46 valence electrons. The zero-order valence-electron chi connectivity index (χ0n) is 5.56. The van der Waals surface area contributed by atoms with Gasteiger partial charge in [-0.2, -0.15) is 0 Å². The predicted molar refractivity (Wildman–Crippen MR) is 36.9 cm³/mol. The number of rotatable bonds is 0. The van der Waals surface area contributed by atoms with Crippen LogP contribution < -0.4 is 0 Å². The Morgan fingerprint density at radius 2 is 1.44 bits per heavy atom. The van der Waals surface area contributed by atoms with E-state index in [0.29, 0.717) is 0 Å². The second kappa shape index (κ2) is 1.29. The summed E-state index contributed by atoms with van der Waals surface area (Å²) in [5, 5.41) is 0. The lowest BCUT2D eigenvalue weighted by atomic mass is 10.2. The van der Waals surface area contributed by atoms with Crippen molar-refractivity contribution in [3.05, 3.63) is 23.3 Å². The average molecular weight is 120 g/mol. The molecular weight excluding hydrogens is 112 g/mol. The first kappa shape index (κ1) is 4.86. The van der Waals surface area contributed by atoms with Gasteiger partial charge in [-0.1, -0.05) is 0 Å². The summed E-state index contributed by atoms with van der Waals surface area (Å²) in [7, 11) is 0. The molecular formula is C8H8O. The molecule has 0 saturated heterocycles. The Labute approximate surface area is 53.6 Å². The van der Waals surface area contributed by atoms with E-state index in [1.807, 2.05) is 0 Å². The standard InChI is InChI=1S/C8H8O/c1-5-3-8-6(2)4-7(5)9-8/h3-4H,1-2H3. The third-order valence-electron chi connectivity index (χ3n) is 1.69. The highest BCUT2D eigenvalue weighted by Gasteiger charge is 2.05. The molecule has 2 heterocycles. The number of furan rings is 2. The Morgan fingerprint density at radius 1 is 1.00 bits per heavy atom. The summed E-state index contributed by atoms with van der Waals surface area (Å²) in [6, 6.07) is 4.15.